The fourth-order valence-electron chi connectivity index (χ4n) is 10.2. The molecule has 2 aliphatic carbocycles. The van der Waals surface area contributed by atoms with Crippen LogP contribution in [0.5, 0.6) is 0 Å². The first-order valence-corrected chi connectivity index (χ1v) is 20.7. The molecule has 9 aromatic carbocycles. The van der Waals surface area contributed by atoms with Gasteiger partial charge in [-0.2, -0.15) is 0 Å². The third kappa shape index (κ3) is 5.39. The molecule has 282 valence electrons. The Morgan fingerprint density at radius 3 is 1.47 bits per heavy atom. The molecule has 0 fully saturated rings. The molecule has 0 spiro atoms. The lowest BCUT2D eigenvalue weighted by Gasteiger charge is -2.34. The van der Waals surface area contributed by atoms with E-state index in [1.807, 2.05) is 0 Å². The Morgan fingerprint density at radius 2 is 0.814 bits per heavy atom. The molecule has 0 heterocycles. The molecular formula is C58H45N. The van der Waals surface area contributed by atoms with Crippen LogP contribution in [0.3, 0.4) is 0 Å². The van der Waals surface area contributed by atoms with E-state index >= 15 is 0 Å². The summed E-state index contributed by atoms with van der Waals surface area (Å²) in [5.41, 5.74) is 20.6. The number of hydrogen-bond acceptors (Lipinski definition) is 1. The zero-order chi connectivity index (χ0) is 39.6. The van der Waals surface area contributed by atoms with Crippen LogP contribution < -0.4 is 4.90 Å². The molecule has 9 aromatic rings. The second-order valence-electron chi connectivity index (χ2n) is 16.5. The molecule has 0 saturated heterocycles. The fourth-order valence-corrected chi connectivity index (χ4v) is 10.2. The number of fused-ring (bicyclic) bond motifs is 6. The van der Waals surface area contributed by atoms with Gasteiger partial charge in [0.1, 0.15) is 0 Å². The van der Waals surface area contributed by atoms with E-state index in [0.717, 1.165) is 17.1 Å². The van der Waals surface area contributed by atoms with E-state index in [1.165, 1.54) is 77.9 Å². The van der Waals surface area contributed by atoms with Crippen molar-refractivity contribution < 1.29 is 1.43 Å². The van der Waals surface area contributed by atoms with Gasteiger partial charge in [0.05, 0.1) is 11.1 Å². The molecule has 0 amide bonds. The highest BCUT2D eigenvalue weighted by Gasteiger charge is 2.47. The summed E-state index contributed by atoms with van der Waals surface area (Å²) in [6.45, 7) is 4.74. The molecule has 0 N–H and O–H groups in total. The second kappa shape index (κ2) is 13.7. The maximum Gasteiger partial charge on any atom is 0.0714 e. The van der Waals surface area contributed by atoms with Gasteiger partial charge in [-0.05, 0) is 103 Å². The minimum Gasteiger partial charge on any atom is -0.310 e. The van der Waals surface area contributed by atoms with Crippen LogP contribution >= 0.6 is 0 Å². The molecule has 11 rings (SSSR count). The SMILES string of the molecule is CC1(C)c2ccccc2-c2ccc(N(c3ccc(-c4ccccc4)cc3)c3cccc4c3-c3ccccc3C4(c3ccccc3)c3ccc(-c4ccccc4)cc3)cc21.[HH]. The van der Waals surface area contributed by atoms with E-state index in [1.54, 1.807) is 0 Å². The average Bonchev–Trinajstić information content (AvgIpc) is 3.74. The standard InChI is InChI=1S/C58H43N.H2/c1-57(2)51-25-14-12-23-48(51)49-38-37-47(39-54(49)57)59(46-35-31-43(32-36-46)41-19-8-4-9-20-41)55-28-16-27-53-56(55)50-24-13-15-26-52(50)58(53,44-21-10-5-11-22-44)45-33-29-42(30-34-45)40-17-6-3-7-18-40;/h3-39H,1-2H3;1H. The van der Waals surface area contributed by atoms with Crippen LogP contribution in [0.2, 0.25) is 0 Å². The normalized spacial score (nSPS) is 15.5. The summed E-state index contributed by atoms with van der Waals surface area (Å²) in [4.78, 5) is 2.50. The minimum absolute atomic E-state index is 0. The highest BCUT2D eigenvalue weighted by molar-refractivity contribution is 5.98. The van der Waals surface area contributed by atoms with Crippen LogP contribution in [0.4, 0.5) is 17.1 Å². The van der Waals surface area contributed by atoms with Crippen molar-refractivity contribution in [2.75, 3.05) is 4.90 Å². The van der Waals surface area contributed by atoms with Gasteiger partial charge in [-0.25, -0.2) is 0 Å². The van der Waals surface area contributed by atoms with E-state index < -0.39 is 5.41 Å². The highest BCUT2D eigenvalue weighted by atomic mass is 15.1. The van der Waals surface area contributed by atoms with E-state index in [2.05, 4.69) is 243 Å². The summed E-state index contributed by atoms with van der Waals surface area (Å²) in [6, 6.07) is 83.0. The zero-order valence-corrected chi connectivity index (χ0v) is 33.3. The van der Waals surface area contributed by atoms with E-state index in [4.69, 9.17) is 0 Å². The van der Waals surface area contributed by atoms with Crippen molar-refractivity contribution in [1.82, 2.24) is 0 Å². The zero-order valence-electron chi connectivity index (χ0n) is 33.3. The van der Waals surface area contributed by atoms with Crippen LogP contribution in [0.25, 0.3) is 44.5 Å². The lowest BCUT2D eigenvalue weighted by molar-refractivity contribution is 0.660. The van der Waals surface area contributed by atoms with Gasteiger partial charge in [0.25, 0.3) is 0 Å². The predicted octanol–water partition coefficient (Wildman–Crippen LogP) is 15.4. The molecule has 0 aromatic heterocycles. The minimum atomic E-state index is -0.539. The lowest BCUT2D eigenvalue weighted by atomic mass is 9.67. The van der Waals surface area contributed by atoms with Crippen molar-refractivity contribution in [3.63, 3.8) is 0 Å². The summed E-state index contributed by atoms with van der Waals surface area (Å²) >= 11 is 0. The summed E-state index contributed by atoms with van der Waals surface area (Å²) < 4.78 is 0. The van der Waals surface area contributed by atoms with Crippen LogP contribution in [0, 0.1) is 0 Å². The average molecular weight is 756 g/mol. The molecule has 1 unspecified atom stereocenters. The quantitative estimate of drug-likeness (QED) is 0.157. The lowest BCUT2D eigenvalue weighted by Crippen LogP contribution is -2.28. The van der Waals surface area contributed by atoms with Gasteiger partial charge in [-0.3, -0.25) is 0 Å². The Labute approximate surface area is 349 Å². The highest BCUT2D eigenvalue weighted by Crippen LogP contribution is 2.60. The van der Waals surface area contributed by atoms with Gasteiger partial charge in [-0.1, -0.05) is 208 Å². The number of rotatable bonds is 7. The number of anilines is 3. The van der Waals surface area contributed by atoms with Crippen LogP contribution in [0.1, 0.15) is 48.7 Å². The molecule has 1 nitrogen and oxygen atoms in total. The van der Waals surface area contributed by atoms with E-state index in [-0.39, 0.29) is 6.84 Å². The van der Waals surface area contributed by atoms with Gasteiger partial charge in [0, 0.05) is 23.8 Å². The van der Waals surface area contributed by atoms with Gasteiger partial charge in [-0.15, -0.1) is 0 Å². The van der Waals surface area contributed by atoms with Gasteiger partial charge in [0.15, 0.2) is 0 Å². The van der Waals surface area contributed by atoms with Crippen molar-refractivity contribution in [3.8, 4) is 44.5 Å². The Morgan fingerprint density at radius 1 is 0.339 bits per heavy atom. The van der Waals surface area contributed by atoms with Crippen LogP contribution in [-0.4, -0.2) is 0 Å². The van der Waals surface area contributed by atoms with Gasteiger partial charge < -0.3 is 4.90 Å². The first kappa shape index (κ1) is 35.0. The monoisotopic (exact) mass is 755 g/mol. The fraction of sp³-hybridized carbons (Fsp3) is 0.0690. The number of nitrogens with zero attached hydrogens (tertiary/aromatic N) is 1. The molecule has 0 bridgehead atoms. The topological polar surface area (TPSA) is 3.24 Å². The van der Waals surface area contributed by atoms with Crippen molar-refractivity contribution >= 4 is 17.1 Å². The first-order valence-electron chi connectivity index (χ1n) is 20.7. The molecule has 0 saturated carbocycles. The van der Waals surface area contributed by atoms with Crippen molar-refractivity contribution in [2.45, 2.75) is 24.7 Å². The summed E-state index contributed by atoms with van der Waals surface area (Å²) in [5.74, 6) is 0. The Bertz CT molecular complexity index is 2990. The molecule has 1 atom stereocenters. The van der Waals surface area contributed by atoms with Gasteiger partial charge in [0.2, 0.25) is 0 Å². The van der Waals surface area contributed by atoms with Crippen LogP contribution in [-0.2, 0) is 10.8 Å². The summed E-state index contributed by atoms with van der Waals surface area (Å²) in [6.07, 6.45) is 0. The third-order valence-electron chi connectivity index (χ3n) is 13.0. The predicted molar refractivity (Wildman–Crippen MR) is 249 cm³/mol. The van der Waals surface area contributed by atoms with E-state index in [9.17, 15) is 0 Å². The largest absolute Gasteiger partial charge is 0.310 e. The molecular weight excluding hydrogens is 711 g/mol. The molecule has 1 heteroatoms. The van der Waals surface area contributed by atoms with E-state index in [0.29, 0.717) is 0 Å². The maximum absolute atomic E-state index is 2.50. The van der Waals surface area contributed by atoms with Crippen molar-refractivity contribution in [1.29, 1.82) is 0 Å². The molecule has 0 radical (unpaired) electrons. The third-order valence-corrected chi connectivity index (χ3v) is 13.0. The first-order chi connectivity index (χ1) is 29.0. The Balaban J connectivity index is 0.00000433. The summed E-state index contributed by atoms with van der Waals surface area (Å²) in [5, 5.41) is 0. The number of benzene rings is 9. The van der Waals surface area contributed by atoms with Gasteiger partial charge >= 0.3 is 0 Å². The molecule has 0 aliphatic heterocycles. The smallest absolute Gasteiger partial charge is 0.0714 e. The Hall–Kier alpha value is -7.22. The summed E-state index contributed by atoms with van der Waals surface area (Å²) in [7, 11) is 0. The Kier molecular flexibility index (Phi) is 8.13. The second-order valence-corrected chi connectivity index (χ2v) is 16.5. The van der Waals surface area contributed by atoms with Crippen LogP contribution in [0.15, 0.2) is 224 Å². The molecule has 2 aliphatic rings. The van der Waals surface area contributed by atoms with Crippen molar-refractivity contribution in [2.24, 2.45) is 0 Å². The maximum atomic E-state index is 2.50. The number of hydrogen-bond donors (Lipinski definition) is 0. The van der Waals surface area contributed by atoms with Crippen molar-refractivity contribution in [3.05, 3.63) is 258 Å². The molecule has 59 heavy (non-hydrogen) atoms.